The van der Waals surface area contributed by atoms with Crippen molar-refractivity contribution >= 4 is 5.97 Å². The standard InChI is InChI=1S/C22H24O4.C2H6.CH3.Y/c23-20(24)15-9-3-8-14-19-16-25-22(18-12-6-2-7-13-18)26-21(19)17-10-4-1-5-11-17;1-2;;/h1-8,10-13,19,21-22H,9,14-16H2,(H,23,24);1-2H3;1H3;/q;;-1;/b8-3-;;;/t19-,21-,22+;;;/m1.../s1. The molecule has 0 aromatic heterocycles. The second-order valence-corrected chi connectivity index (χ2v) is 6.44. The third kappa shape index (κ3) is 9.22. The second-order valence-electron chi connectivity index (χ2n) is 6.44. The van der Waals surface area contributed by atoms with Crippen LogP contribution in [0.15, 0.2) is 72.8 Å². The summed E-state index contributed by atoms with van der Waals surface area (Å²) in [5.74, 6) is -0.578. The zero-order valence-corrected chi connectivity index (χ0v) is 21.1. The first kappa shape index (κ1) is 28.7. The SMILES string of the molecule is CC.O=C(O)CC/C=C\C[C@@H]1CO[C@H](c2ccccc2)O[C@@H]1c1ccccc1.[CH3-].[Y]. The van der Waals surface area contributed by atoms with Crippen LogP contribution in [0.1, 0.15) is 56.6 Å². The molecule has 0 bridgehead atoms. The van der Waals surface area contributed by atoms with Crippen LogP contribution in [0.2, 0.25) is 0 Å². The number of aliphatic carboxylic acids is 1. The molecule has 2 aromatic rings. The summed E-state index contributed by atoms with van der Waals surface area (Å²) in [6.07, 6.45) is 5.05. The summed E-state index contributed by atoms with van der Waals surface area (Å²) in [6, 6.07) is 20.2. The van der Waals surface area contributed by atoms with Crippen LogP contribution in [0, 0.1) is 13.3 Å². The average Bonchev–Trinajstić information content (AvgIpc) is 2.76. The van der Waals surface area contributed by atoms with Crippen LogP contribution >= 0.6 is 0 Å². The number of carboxylic acids is 1. The monoisotopic (exact) mass is 486 g/mol. The molecule has 1 aliphatic rings. The van der Waals surface area contributed by atoms with Crippen LogP contribution in [-0.2, 0) is 47.0 Å². The van der Waals surface area contributed by atoms with Gasteiger partial charge < -0.3 is 22.0 Å². The largest absolute Gasteiger partial charge is 0.481 e. The molecule has 3 atom stereocenters. The van der Waals surface area contributed by atoms with Crippen LogP contribution in [-0.4, -0.2) is 17.7 Å². The van der Waals surface area contributed by atoms with Gasteiger partial charge in [-0.15, -0.1) is 0 Å². The summed E-state index contributed by atoms with van der Waals surface area (Å²) in [6.45, 7) is 4.60. The van der Waals surface area contributed by atoms with Crippen molar-refractivity contribution in [3.8, 4) is 0 Å². The molecule has 3 rings (SSSR count). The number of hydrogen-bond acceptors (Lipinski definition) is 3. The maximum absolute atomic E-state index is 10.6. The average molecular weight is 486 g/mol. The van der Waals surface area contributed by atoms with Crippen molar-refractivity contribution in [1.29, 1.82) is 0 Å². The number of ether oxygens (including phenoxy) is 2. The van der Waals surface area contributed by atoms with E-state index >= 15 is 0 Å². The van der Waals surface area contributed by atoms with Crippen LogP contribution in [0.3, 0.4) is 0 Å². The van der Waals surface area contributed by atoms with Crippen LogP contribution in [0.4, 0.5) is 0 Å². The van der Waals surface area contributed by atoms with Gasteiger partial charge in [0.25, 0.3) is 0 Å². The Morgan fingerprint density at radius 3 is 2.13 bits per heavy atom. The summed E-state index contributed by atoms with van der Waals surface area (Å²) < 4.78 is 12.3. The van der Waals surface area contributed by atoms with Crippen LogP contribution in [0.25, 0.3) is 0 Å². The van der Waals surface area contributed by atoms with Gasteiger partial charge in [-0.3, -0.25) is 4.79 Å². The van der Waals surface area contributed by atoms with E-state index in [2.05, 4.69) is 12.1 Å². The van der Waals surface area contributed by atoms with Gasteiger partial charge in [-0.25, -0.2) is 0 Å². The smallest absolute Gasteiger partial charge is 0.303 e. The maximum Gasteiger partial charge on any atom is 0.303 e. The van der Waals surface area contributed by atoms with E-state index in [4.69, 9.17) is 14.6 Å². The summed E-state index contributed by atoms with van der Waals surface area (Å²) in [4.78, 5) is 10.6. The van der Waals surface area contributed by atoms with Crippen LogP contribution in [0.5, 0.6) is 0 Å². The second kappa shape index (κ2) is 16.4. The van der Waals surface area contributed by atoms with E-state index < -0.39 is 5.97 Å². The Morgan fingerprint density at radius 2 is 1.57 bits per heavy atom. The molecule has 2 aromatic carbocycles. The van der Waals surface area contributed by atoms with Crippen molar-refractivity contribution in [2.45, 2.75) is 45.5 Å². The predicted octanol–water partition coefficient (Wildman–Crippen LogP) is 6.37. The number of carboxylic acid groups (broad SMARTS) is 1. The van der Waals surface area contributed by atoms with E-state index in [9.17, 15) is 4.79 Å². The molecule has 1 fully saturated rings. The van der Waals surface area contributed by atoms with Crippen molar-refractivity contribution in [3.63, 3.8) is 0 Å². The molecular formula is C25H33O4Y-. The van der Waals surface area contributed by atoms with E-state index in [1.165, 1.54) is 0 Å². The molecule has 0 unspecified atom stereocenters. The number of allylic oxidation sites excluding steroid dienone is 2. The zero-order valence-electron chi connectivity index (χ0n) is 18.2. The number of benzene rings is 2. The predicted molar refractivity (Wildman–Crippen MR) is 117 cm³/mol. The van der Waals surface area contributed by atoms with Gasteiger partial charge in [-0.1, -0.05) is 86.7 Å². The van der Waals surface area contributed by atoms with E-state index in [-0.39, 0.29) is 64.9 Å². The Balaban J connectivity index is 0.00000204. The minimum atomic E-state index is -0.771. The molecule has 0 spiro atoms. The van der Waals surface area contributed by atoms with Crippen molar-refractivity contribution in [3.05, 3.63) is 91.4 Å². The normalized spacial score (nSPS) is 20.3. The first-order chi connectivity index (χ1) is 13.7. The molecule has 161 valence electrons. The van der Waals surface area contributed by atoms with E-state index in [0.29, 0.717) is 13.0 Å². The van der Waals surface area contributed by atoms with Gasteiger partial charge in [0.1, 0.15) is 0 Å². The topological polar surface area (TPSA) is 55.8 Å². The summed E-state index contributed by atoms with van der Waals surface area (Å²) in [5.41, 5.74) is 2.16. The van der Waals surface area contributed by atoms with Gasteiger partial charge in [0.15, 0.2) is 6.29 Å². The maximum atomic E-state index is 10.6. The third-order valence-electron chi connectivity index (χ3n) is 4.49. The van der Waals surface area contributed by atoms with Gasteiger partial charge in [-0.2, -0.15) is 0 Å². The molecule has 1 heterocycles. The number of hydrogen-bond donors (Lipinski definition) is 1. The van der Waals surface area contributed by atoms with Crippen molar-refractivity contribution in [2.24, 2.45) is 5.92 Å². The third-order valence-corrected chi connectivity index (χ3v) is 4.49. The molecule has 30 heavy (non-hydrogen) atoms. The van der Waals surface area contributed by atoms with E-state index in [1.54, 1.807) is 0 Å². The molecule has 4 nitrogen and oxygen atoms in total. The van der Waals surface area contributed by atoms with Crippen molar-refractivity contribution in [2.75, 3.05) is 6.61 Å². The zero-order chi connectivity index (χ0) is 20.2. The minimum Gasteiger partial charge on any atom is -0.481 e. The molecule has 1 N–H and O–H groups in total. The Morgan fingerprint density at radius 1 is 1.00 bits per heavy atom. The van der Waals surface area contributed by atoms with Gasteiger partial charge in [-0.05, 0) is 18.4 Å². The summed E-state index contributed by atoms with van der Waals surface area (Å²) in [5, 5.41) is 8.72. The molecule has 0 amide bonds. The molecule has 1 saturated heterocycles. The van der Waals surface area contributed by atoms with Gasteiger partial charge in [0.2, 0.25) is 0 Å². The first-order valence-corrected chi connectivity index (χ1v) is 9.98. The first-order valence-electron chi connectivity index (χ1n) is 9.98. The molecule has 0 saturated carbocycles. The molecular weight excluding hydrogens is 453 g/mol. The summed E-state index contributed by atoms with van der Waals surface area (Å²) >= 11 is 0. The molecule has 1 radical (unpaired) electrons. The van der Waals surface area contributed by atoms with Gasteiger partial charge in [0.05, 0.1) is 12.7 Å². The minimum absolute atomic E-state index is 0. The number of rotatable bonds is 7. The van der Waals surface area contributed by atoms with E-state index in [1.807, 2.05) is 74.5 Å². The molecule has 5 heteroatoms. The van der Waals surface area contributed by atoms with Gasteiger partial charge in [0, 0.05) is 50.6 Å². The fourth-order valence-electron chi connectivity index (χ4n) is 3.15. The Bertz CT molecular complexity index is 718. The quantitative estimate of drug-likeness (QED) is 0.365. The molecule has 1 aliphatic heterocycles. The van der Waals surface area contributed by atoms with Crippen LogP contribution < -0.4 is 0 Å². The Hall–Kier alpha value is -1.33. The van der Waals surface area contributed by atoms with Crippen molar-refractivity contribution in [1.82, 2.24) is 0 Å². The Labute approximate surface area is 206 Å². The van der Waals surface area contributed by atoms with Crippen molar-refractivity contribution < 1.29 is 52.1 Å². The van der Waals surface area contributed by atoms with Gasteiger partial charge >= 0.3 is 5.97 Å². The molecule has 0 aliphatic carbocycles. The number of carbonyl (C=O) groups is 1. The Kier molecular flexibility index (Phi) is 15.7. The fraction of sp³-hybridized carbons (Fsp3) is 0.360. The fourth-order valence-corrected chi connectivity index (χ4v) is 3.15. The van der Waals surface area contributed by atoms with E-state index in [0.717, 1.165) is 17.5 Å². The summed E-state index contributed by atoms with van der Waals surface area (Å²) in [7, 11) is 0.